The van der Waals surface area contributed by atoms with Gasteiger partial charge in [0.15, 0.2) is 6.10 Å². The molecule has 3 rings (SSSR count). The van der Waals surface area contributed by atoms with Crippen molar-refractivity contribution in [2.24, 2.45) is 0 Å². The number of rotatable bonds is 4. The van der Waals surface area contributed by atoms with Gasteiger partial charge in [-0.1, -0.05) is 30.3 Å². The van der Waals surface area contributed by atoms with Crippen molar-refractivity contribution in [3.05, 3.63) is 42.7 Å². The lowest BCUT2D eigenvalue weighted by atomic mass is 10.2. The lowest BCUT2D eigenvalue weighted by Crippen LogP contribution is -2.22. The average Bonchev–Trinajstić information content (AvgIpc) is 3.09. The zero-order valence-corrected chi connectivity index (χ0v) is 11.0. The fourth-order valence-electron chi connectivity index (χ4n) is 2.55. The smallest absolute Gasteiger partial charge is 0.332 e. The number of carboxylic acids is 1. The molecule has 0 aliphatic carbocycles. The SMILES string of the molecule is O=C(O)C1CCC(Cn2ccnc2-c2ccccc2)O1. The van der Waals surface area contributed by atoms with Crippen molar-refractivity contribution in [2.45, 2.75) is 31.6 Å². The van der Waals surface area contributed by atoms with Gasteiger partial charge in [0.2, 0.25) is 0 Å². The van der Waals surface area contributed by atoms with Crippen molar-refractivity contribution >= 4 is 5.97 Å². The van der Waals surface area contributed by atoms with Gasteiger partial charge in [0, 0.05) is 18.0 Å². The molecule has 1 aliphatic heterocycles. The summed E-state index contributed by atoms with van der Waals surface area (Å²) in [6, 6.07) is 9.93. The van der Waals surface area contributed by atoms with Crippen LogP contribution in [0.2, 0.25) is 0 Å². The number of carboxylic acid groups (broad SMARTS) is 1. The minimum atomic E-state index is -0.874. The molecule has 5 heteroatoms. The van der Waals surface area contributed by atoms with Crippen molar-refractivity contribution in [1.29, 1.82) is 0 Å². The summed E-state index contributed by atoms with van der Waals surface area (Å²) in [5.74, 6) is 0.00869. The second kappa shape index (κ2) is 5.46. The van der Waals surface area contributed by atoms with Crippen LogP contribution in [0.4, 0.5) is 0 Å². The Hall–Kier alpha value is -2.14. The zero-order chi connectivity index (χ0) is 13.9. The van der Waals surface area contributed by atoms with Crippen LogP contribution in [0.3, 0.4) is 0 Å². The first-order valence-electron chi connectivity index (χ1n) is 6.69. The van der Waals surface area contributed by atoms with Gasteiger partial charge in [-0.15, -0.1) is 0 Å². The standard InChI is InChI=1S/C15H16N2O3/c18-15(19)13-7-6-12(20-13)10-17-9-8-16-14(17)11-4-2-1-3-5-11/h1-5,8-9,12-13H,6-7,10H2,(H,18,19). The number of imidazole rings is 1. The van der Waals surface area contributed by atoms with Gasteiger partial charge >= 0.3 is 5.97 Å². The van der Waals surface area contributed by atoms with Crippen molar-refractivity contribution < 1.29 is 14.6 Å². The predicted octanol–water partition coefficient (Wildman–Crippen LogP) is 2.18. The fourth-order valence-corrected chi connectivity index (χ4v) is 2.55. The highest BCUT2D eigenvalue weighted by atomic mass is 16.5. The fraction of sp³-hybridized carbons (Fsp3) is 0.333. The molecule has 2 aromatic rings. The third-order valence-electron chi connectivity index (χ3n) is 3.53. The largest absolute Gasteiger partial charge is 0.479 e. The molecule has 5 nitrogen and oxygen atoms in total. The summed E-state index contributed by atoms with van der Waals surface area (Å²) in [7, 11) is 0. The highest BCUT2D eigenvalue weighted by Gasteiger charge is 2.30. The normalized spacial score (nSPS) is 22.0. The van der Waals surface area contributed by atoms with Crippen LogP contribution in [0.5, 0.6) is 0 Å². The molecular formula is C15H16N2O3. The number of nitrogens with zero attached hydrogens (tertiary/aromatic N) is 2. The minimum Gasteiger partial charge on any atom is -0.479 e. The van der Waals surface area contributed by atoms with E-state index in [0.717, 1.165) is 17.8 Å². The Morgan fingerprint density at radius 1 is 1.35 bits per heavy atom. The van der Waals surface area contributed by atoms with E-state index in [1.54, 1.807) is 6.20 Å². The lowest BCUT2D eigenvalue weighted by molar-refractivity contribution is -0.149. The maximum absolute atomic E-state index is 10.9. The summed E-state index contributed by atoms with van der Waals surface area (Å²) < 4.78 is 7.56. The maximum Gasteiger partial charge on any atom is 0.332 e. The first kappa shape index (κ1) is 12.9. The zero-order valence-electron chi connectivity index (χ0n) is 11.0. The summed E-state index contributed by atoms with van der Waals surface area (Å²) >= 11 is 0. The molecule has 1 fully saturated rings. The van der Waals surface area contributed by atoms with Crippen LogP contribution in [-0.2, 0) is 16.1 Å². The second-order valence-electron chi connectivity index (χ2n) is 4.93. The van der Waals surface area contributed by atoms with Crippen molar-refractivity contribution in [3.63, 3.8) is 0 Å². The van der Waals surface area contributed by atoms with Crippen LogP contribution in [0.25, 0.3) is 11.4 Å². The molecule has 2 atom stereocenters. The summed E-state index contributed by atoms with van der Waals surface area (Å²) in [6.45, 7) is 0.633. The lowest BCUT2D eigenvalue weighted by Gasteiger charge is -2.14. The number of carbonyl (C=O) groups is 1. The number of aromatic nitrogens is 2. The highest BCUT2D eigenvalue weighted by Crippen LogP contribution is 2.24. The topological polar surface area (TPSA) is 64.3 Å². The highest BCUT2D eigenvalue weighted by molar-refractivity contribution is 5.72. The number of ether oxygens (including phenoxy) is 1. The van der Waals surface area contributed by atoms with E-state index in [1.807, 2.05) is 41.1 Å². The third kappa shape index (κ3) is 2.58. The van der Waals surface area contributed by atoms with E-state index in [4.69, 9.17) is 9.84 Å². The quantitative estimate of drug-likeness (QED) is 0.926. The third-order valence-corrected chi connectivity index (χ3v) is 3.53. The molecule has 2 unspecified atom stereocenters. The maximum atomic E-state index is 10.9. The van der Waals surface area contributed by atoms with E-state index in [9.17, 15) is 4.79 Å². The van der Waals surface area contributed by atoms with E-state index in [1.165, 1.54) is 0 Å². The molecule has 0 radical (unpaired) electrons. The molecule has 2 heterocycles. The summed E-state index contributed by atoms with van der Waals surface area (Å²) in [5.41, 5.74) is 1.05. The molecule has 1 N–H and O–H groups in total. The molecule has 0 saturated carbocycles. The minimum absolute atomic E-state index is 0.0623. The Labute approximate surface area is 116 Å². The van der Waals surface area contributed by atoms with Gasteiger partial charge in [-0.3, -0.25) is 0 Å². The van der Waals surface area contributed by atoms with E-state index in [0.29, 0.717) is 13.0 Å². The van der Waals surface area contributed by atoms with Crippen LogP contribution < -0.4 is 0 Å². The van der Waals surface area contributed by atoms with E-state index in [2.05, 4.69) is 4.98 Å². The van der Waals surface area contributed by atoms with Gasteiger partial charge in [-0.2, -0.15) is 0 Å². The predicted molar refractivity (Wildman–Crippen MR) is 73.2 cm³/mol. The Morgan fingerprint density at radius 3 is 2.85 bits per heavy atom. The molecule has 1 saturated heterocycles. The van der Waals surface area contributed by atoms with Gasteiger partial charge in [0.05, 0.1) is 12.6 Å². The molecule has 104 valence electrons. The molecule has 1 aromatic heterocycles. The molecule has 1 aromatic carbocycles. The van der Waals surface area contributed by atoms with Gasteiger partial charge in [0.25, 0.3) is 0 Å². The van der Waals surface area contributed by atoms with Gasteiger partial charge in [-0.25, -0.2) is 9.78 Å². The monoisotopic (exact) mass is 272 g/mol. The first-order valence-corrected chi connectivity index (χ1v) is 6.69. The Morgan fingerprint density at radius 2 is 2.15 bits per heavy atom. The summed E-state index contributed by atoms with van der Waals surface area (Å²) in [5, 5.41) is 8.95. The Bertz CT molecular complexity index is 594. The van der Waals surface area contributed by atoms with E-state index < -0.39 is 12.1 Å². The van der Waals surface area contributed by atoms with E-state index >= 15 is 0 Å². The van der Waals surface area contributed by atoms with Crippen LogP contribution in [0, 0.1) is 0 Å². The van der Waals surface area contributed by atoms with Crippen molar-refractivity contribution in [2.75, 3.05) is 0 Å². The number of hydrogen-bond donors (Lipinski definition) is 1. The second-order valence-corrected chi connectivity index (χ2v) is 4.93. The summed E-state index contributed by atoms with van der Waals surface area (Å²) in [6.07, 6.45) is 4.28. The van der Waals surface area contributed by atoms with Crippen molar-refractivity contribution in [3.8, 4) is 11.4 Å². The van der Waals surface area contributed by atoms with Crippen LogP contribution >= 0.6 is 0 Å². The molecular weight excluding hydrogens is 256 g/mol. The number of aliphatic carboxylic acids is 1. The Balaban J connectivity index is 1.74. The first-order chi connectivity index (χ1) is 9.74. The van der Waals surface area contributed by atoms with Gasteiger partial charge in [0.1, 0.15) is 5.82 Å². The van der Waals surface area contributed by atoms with E-state index in [-0.39, 0.29) is 6.10 Å². The van der Waals surface area contributed by atoms with Crippen molar-refractivity contribution in [1.82, 2.24) is 9.55 Å². The van der Waals surface area contributed by atoms with Gasteiger partial charge < -0.3 is 14.4 Å². The Kier molecular flexibility index (Phi) is 3.52. The van der Waals surface area contributed by atoms with Crippen LogP contribution in [0.15, 0.2) is 42.7 Å². The summed E-state index contributed by atoms with van der Waals surface area (Å²) in [4.78, 5) is 15.3. The molecule has 1 aliphatic rings. The van der Waals surface area contributed by atoms with Gasteiger partial charge in [-0.05, 0) is 12.8 Å². The number of benzene rings is 1. The van der Waals surface area contributed by atoms with Crippen LogP contribution in [0.1, 0.15) is 12.8 Å². The average molecular weight is 272 g/mol. The molecule has 0 amide bonds. The molecule has 20 heavy (non-hydrogen) atoms. The molecule has 0 bridgehead atoms. The number of hydrogen-bond acceptors (Lipinski definition) is 3. The van der Waals surface area contributed by atoms with Crippen LogP contribution in [-0.4, -0.2) is 32.8 Å². The molecule has 0 spiro atoms.